The second kappa shape index (κ2) is 7.35. The number of nitrogens with zero attached hydrogens (tertiary/aromatic N) is 3. The monoisotopic (exact) mass is 450 g/mol. The van der Waals surface area contributed by atoms with Crippen molar-refractivity contribution in [3.63, 3.8) is 0 Å². The number of ether oxygens (including phenoxy) is 2. The van der Waals surface area contributed by atoms with Crippen LogP contribution in [-0.2, 0) is 4.74 Å². The number of hydrogen-bond donors (Lipinski definition) is 1. The quantitative estimate of drug-likeness (QED) is 0.446. The molecule has 1 aliphatic heterocycles. The molecule has 1 spiro atoms. The van der Waals surface area contributed by atoms with Crippen LogP contribution in [0.5, 0.6) is 5.75 Å². The fraction of sp³-hybridized carbons (Fsp3) is 0.381. The number of amides is 1. The molecule has 3 aromatic rings. The predicted octanol–water partition coefficient (Wildman–Crippen LogP) is 5.05. The van der Waals surface area contributed by atoms with Gasteiger partial charge in [-0.3, -0.25) is 4.90 Å². The number of nitrogens with one attached hydrogen (secondary N) is 1. The Hall–Kier alpha value is -3.37. The lowest BCUT2D eigenvalue weighted by atomic mass is 9.78. The van der Waals surface area contributed by atoms with Gasteiger partial charge in [-0.05, 0) is 49.9 Å². The molecule has 1 amide bonds. The number of imidazole rings is 1. The van der Waals surface area contributed by atoms with Crippen molar-refractivity contribution in [2.45, 2.75) is 43.6 Å². The first-order chi connectivity index (χ1) is 15.2. The molecule has 1 aliphatic carbocycles. The number of carbonyl (C=O) groups excluding carboxylic acids is 1. The zero-order valence-electron chi connectivity index (χ0n) is 16.7. The fourth-order valence-corrected chi connectivity index (χ4v) is 4.46. The molecular weight excluding hydrogens is 432 g/mol. The maximum Gasteiger partial charge on any atom is 0.573 e. The molecule has 0 bridgehead atoms. The lowest BCUT2D eigenvalue weighted by molar-refractivity contribution is -0.274. The number of aromatic nitrogens is 3. The highest BCUT2D eigenvalue weighted by molar-refractivity contribution is 5.90. The maximum atomic E-state index is 14.0. The van der Waals surface area contributed by atoms with Gasteiger partial charge in [-0.15, -0.1) is 13.2 Å². The molecule has 2 aliphatic rings. The number of hydrogen-bond acceptors (Lipinski definition) is 5. The Labute approximate surface area is 179 Å². The lowest BCUT2D eigenvalue weighted by Crippen LogP contribution is -2.38. The van der Waals surface area contributed by atoms with Crippen LogP contribution >= 0.6 is 0 Å². The number of rotatable bonds is 3. The zero-order valence-corrected chi connectivity index (χ0v) is 16.7. The van der Waals surface area contributed by atoms with E-state index in [1.165, 1.54) is 35.4 Å². The Balaban J connectivity index is 1.29. The SMILES string of the molecule is O=C1OC2(CCC(c3nc4cc(OC(F)(F)F)ccc4[nH]3)CC2)CN1c1cccnc1F. The molecule has 1 saturated carbocycles. The Kier molecular flexibility index (Phi) is 4.72. The van der Waals surface area contributed by atoms with Crippen molar-refractivity contribution in [1.82, 2.24) is 15.0 Å². The molecule has 1 saturated heterocycles. The van der Waals surface area contributed by atoms with Crippen LogP contribution < -0.4 is 9.64 Å². The van der Waals surface area contributed by atoms with Crippen molar-refractivity contribution in [2.24, 2.45) is 0 Å². The molecule has 11 heteroatoms. The topological polar surface area (TPSA) is 80.3 Å². The third-order valence-electron chi connectivity index (χ3n) is 5.99. The number of H-pyrrole nitrogens is 1. The predicted molar refractivity (Wildman–Crippen MR) is 105 cm³/mol. The van der Waals surface area contributed by atoms with Crippen molar-refractivity contribution in [1.29, 1.82) is 0 Å². The summed E-state index contributed by atoms with van der Waals surface area (Å²) < 4.78 is 61.0. The van der Waals surface area contributed by atoms with Crippen molar-refractivity contribution >= 4 is 22.8 Å². The molecule has 0 radical (unpaired) electrons. The van der Waals surface area contributed by atoms with Gasteiger partial charge in [-0.25, -0.2) is 14.8 Å². The Bertz CT molecular complexity index is 1170. The van der Waals surface area contributed by atoms with Gasteiger partial charge in [0.1, 0.15) is 22.9 Å². The Morgan fingerprint density at radius 3 is 2.72 bits per heavy atom. The summed E-state index contributed by atoms with van der Waals surface area (Å²) in [6.07, 6.45) is -1.63. The first-order valence-corrected chi connectivity index (χ1v) is 10.1. The minimum absolute atomic E-state index is 0.0305. The van der Waals surface area contributed by atoms with E-state index < -0.39 is 24.0 Å². The van der Waals surface area contributed by atoms with E-state index in [1.807, 2.05) is 0 Å². The molecular formula is C21H18F4N4O3. The van der Waals surface area contributed by atoms with Crippen LogP contribution in [0.1, 0.15) is 37.4 Å². The van der Waals surface area contributed by atoms with E-state index in [0.29, 0.717) is 42.5 Å². The van der Waals surface area contributed by atoms with Crippen molar-refractivity contribution in [3.8, 4) is 5.75 Å². The standard InChI is InChI=1S/C21H18F4N4O3/c22-17-16(2-1-9-26-17)29-11-20(32-19(29)30)7-5-12(6-8-20)18-27-14-4-3-13(10-15(14)28-18)31-21(23,24)25/h1-4,9-10,12H,5-8,11H2,(H,27,28). The molecule has 2 aromatic heterocycles. The minimum Gasteiger partial charge on any atom is -0.441 e. The molecule has 3 heterocycles. The van der Waals surface area contributed by atoms with E-state index >= 15 is 0 Å². The summed E-state index contributed by atoms with van der Waals surface area (Å²) in [6.45, 7) is 0.236. The average molecular weight is 450 g/mol. The molecule has 2 fully saturated rings. The van der Waals surface area contributed by atoms with Gasteiger partial charge in [-0.1, -0.05) is 0 Å². The van der Waals surface area contributed by atoms with E-state index in [0.717, 1.165) is 0 Å². The maximum absolute atomic E-state index is 14.0. The van der Waals surface area contributed by atoms with E-state index in [1.54, 1.807) is 6.07 Å². The number of halogens is 4. The zero-order chi connectivity index (χ0) is 22.5. The second-order valence-corrected chi connectivity index (χ2v) is 8.07. The molecule has 0 atom stereocenters. The number of benzene rings is 1. The summed E-state index contributed by atoms with van der Waals surface area (Å²) in [5.41, 5.74) is 0.369. The summed E-state index contributed by atoms with van der Waals surface area (Å²) in [5, 5.41) is 0. The Morgan fingerprint density at radius 2 is 2.00 bits per heavy atom. The van der Waals surface area contributed by atoms with E-state index in [4.69, 9.17) is 4.74 Å². The van der Waals surface area contributed by atoms with Gasteiger partial charge < -0.3 is 14.5 Å². The minimum atomic E-state index is -4.77. The number of anilines is 1. The van der Waals surface area contributed by atoms with Crippen LogP contribution in [-0.4, -0.2) is 39.6 Å². The second-order valence-electron chi connectivity index (χ2n) is 8.07. The van der Waals surface area contributed by atoms with Gasteiger partial charge in [0.2, 0.25) is 5.95 Å². The van der Waals surface area contributed by atoms with Gasteiger partial charge in [0.15, 0.2) is 0 Å². The molecule has 1 N–H and O–H groups in total. The molecule has 0 unspecified atom stereocenters. The van der Waals surface area contributed by atoms with Gasteiger partial charge in [-0.2, -0.15) is 4.39 Å². The molecule has 168 valence electrons. The number of fused-ring (bicyclic) bond motifs is 1. The van der Waals surface area contributed by atoms with Crippen LogP contribution in [0.3, 0.4) is 0 Å². The summed E-state index contributed by atoms with van der Waals surface area (Å²) >= 11 is 0. The third-order valence-corrected chi connectivity index (χ3v) is 5.99. The molecule has 7 nitrogen and oxygen atoms in total. The van der Waals surface area contributed by atoms with Crippen LogP contribution in [0.2, 0.25) is 0 Å². The van der Waals surface area contributed by atoms with Gasteiger partial charge >= 0.3 is 12.5 Å². The normalized spacial score (nSPS) is 23.7. The van der Waals surface area contributed by atoms with E-state index in [-0.39, 0.29) is 23.9 Å². The number of carbonyl (C=O) groups is 1. The highest BCUT2D eigenvalue weighted by Gasteiger charge is 2.48. The van der Waals surface area contributed by atoms with Crippen LogP contribution in [0.15, 0.2) is 36.5 Å². The number of alkyl halides is 3. The van der Waals surface area contributed by atoms with Crippen molar-refractivity contribution in [2.75, 3.05) is 11.4 Å². The number of pyridine rings is 1. The van der Waals surface area contributed by atoms with Gasteiger partial charge in [0.25, 0.3) is 0 Å². The lowest BCUT2D eigenvalue weighted by Gasteiger charge is -2.34. The highest BCUT2D eigenvalue weighted by Crippen LogP contribution is 2.44. The van der Waals surface area contributed by atoms with Crippen LogP contribution in [0, 0.1) is 5.95 Å². The molecule has 1 aromatic carbocycles. The van der Waals surface area contributed by atoms with E-state index in [2.05, 4.69) is 19.7 Å². The summed E-state index contributed by atoms with van der Waals surface area (Å²) in [7, 11) is 0. The Morgan fingerprint density at radius 1 is 1.22 bits per heavy atom. The van der Waals surface area contributed by atoms with E-state index in [9.17, 15) is 22.4 Å². The van der Waals surface area contributed by atoms with Crippen molar-refractivity contribution in [3.05, 3.63) is 48.3 Å². The van der Waals surface area contributed by atoms with Crippen LogP contribution in [0.25, 0.3) is 11.0 Å². The van der Waals surface area contributed by atoms with Gasteiger partial charge in [0, 0.05) is 18.2 Å². The average Bonchev–Trinajstić information content (AvgIpc) is 3.28. The highest BCUT2D eigenvalue weighted by atomic mass is 19.4. The molecule has 32 heavy (non-hydrogen) atoms. The van der Waals surface area contributed by atoms with Crippen LogP contribution in [0.4, 0.5) is 28.0 Å². The summed E-state index contributed by atoms with van der Waals surface area (Å²) in [4.78, 5) is 24.9. The first kappa shape index (κ1) is 20.5. The molecule has 5 rings (SSSR count). The largest absolute Gasteiger partial charge is 0.573 e. The summed E-state index contributed by atoms with van der Waals surface area (Å²) in [5.74, 6) is -0.362. The fourth-order valence-electron chi connectivity index (χ4n) is 4.46. The smallest absolute Gasteiger partial charge is 0.441 e. The first-order valence-electron chi connectivity index (χ1n) is 10.1. The third kappa shape index (κ3) is 3.82. The van der Waals surface area contributed by atoms with Gasteiger partial charge in [0.05, 0.1) is 17.6 Å². The summed E-state index contributed by atoms with van der Waals surface area (Å²) in [6, 6.07) is 7.01. The number of aromatic amines is 1. The van der Waals surface area contributed by atoms with Crippen molar-refractivity contribution < 1.29 is 31.8 Å².